The zero-order valence-corrected chi connectivity index (χ0v) is 15.1. The van der Waals surface area contributed by atoms with E-state index in [0.29, 0.717) is 50.7 Å². The maximum absolute atomic E-state index is 12.2. The topological polar surface area (TPSA) is 70.2 Å². The van der Waals surface area contributed by atoms with Gasteiger partial charge in [0.2, 0.25) is 0 Å². The van der Waals surface area contributed by atoms with Crippen molar-refractivity contribution in [2.45, 2.75) is 13.5 Å². The molecule has 26 heavy (non-hydrogen) atoms. The summed E-state index contributed by atoms with van der Waals surface area (Å²) in [7, 11) is 1.82. The molecule has 7 nitrogen and oxygen atoms in total. The Kier molecular flexibility index (Phi) is 5.25. The predicted octanol–water partition coefficient (Wildman–Crippen LogP) is 1.20. The average molecular weight is 357 g/mol. The fraction of sp³-hybridized carbons (Fsp3) is 0.421. The largest absolute Gasteiger partial charge is 0.450 e. The number of rotatable bonds is 5. The molecule has 1 heterocycles. The van der Waals surface area contributed by atoms with Crippen LogP contribution in [-0.4, -0.2) is 50.8 Å². The van der Waals surface area contributed by atoms with Crippen LogP contribution in [0.1, 0.15) is 12.5 Å². The molecule has 1 aliphatic heterocycles. The van der Waals surface area contributed by atoms with Crippen molar-refractivity contribution in [2.24, 2.45) is 0 Å². The lowest BCUT2D eigenvalue weighted by Crippen LogP contribution is -2.53. The van der Waals surface area contributed by atoms with Crippen molar-refractivity contribution in [1.82, 2.24) is 4.90 Å². The Bertz CT molecular complexity index is 834. The van der Waals surface area contributed by atoms with Crippen molar-refractivity contribution in [3.63, 3.8) is 0 Å². The number of nitrogens with zero attached hydrogens (tertiary/aromatic N) is 3. The molecule has 0 atom stereocenters. The SMILES string of the molecule is CCOC(=O)N1CCN(c2c(N(C)Cc3ccccc3)c(=O)c2=O)CC1. The number of hydrogen-bond donors (Lipinski definition) is 0. The molecule has 2 aromatic rings. The number of ether oxygens (including phenoxy) is 1. The molecule has 0 spiro atoms. The summed E-state index contributed by atoms with van der Waals surface area (Å²) in [6.07, 6.45) is -0.335. The van der Waals surface area contributed by atoms with Gasteiger partial charge in [0.1, 0.15) is 11.4 Å². The van der Waals surface area contributed by atoms with E-state index >= 15 is 0 Å². The highest BCUT2D eigenvalue weighted by Gasteiger charge is 2.31. The van der Waals surface area contributed by atoms with E-state index in [9.17, 15) is 14.4 Å². The quantitative estimate of drug-likeness (QED) is 0.749. The first-order valence-corrected chi connectivity index (χ1v) is 8.78. The van der Waals surface area contributed by atoms with Gasteiger partial charge < -0.3 is 19.4 Å². The Morgan fingerprint density at radius 1 is 1.08 bits per heavy atom. The summed E-state index contributed by atoms with van der Waals surface area (Å²) in [5.41, 5.74) is 1.12. The summed E-state index contributed by atoms with van der Waals surface area (Å²) in [4.78, 5) is 41.5. The van der Waals surface area contributed by atoms with Gasteiger partial charge in [-0.3, -0.25) is 9.59 Å². The van der Waals surface area contributed by atoms with Gasteiger partial charge in [-0.1, -0.05) is 30.3 Å². The summed E-state index contributed by atoms with van der Waals surface area (Å²) < 4.78 is 5.01. The van der Waals surface area contributed by atoms with E-state index in [2.05, 4.69) is 0 Å². The third-order valence-corrected chi connectivity index (χ3v) is 4.63. The fourth-order valence-corrected chi connectivity index (χ4v) is 3.28. The van der Waals surface area contributed by atoms with Gasteiger partial charge in [-0.2, -0.15) is 0 Å². The third-order valence-electron chi connectivity index (χ3n) is 4.63. The number of anilines is 2. The van der Waals surface area contributed by atoms with Crippen LogP contribution >= 0.6 is 0 Å². The highest BCUT2D eigenvalue weighted by molar-refractivity contribution is 5.77. The Morgan fingerprint density at radius 3 is 2.35 bits per heavy atom. The number of carbonyl (C=O) groups excluding carboxylic acids is 1. The normalized spacial score (nSPS) is 14.5. The number of benzene rings is 1. The molecule has 0 N–H and O–H groups in total. The monoisotopic (exact) mass is 357 g/mol. The van der Waals surface area contributed by atoms with Crippen LogP contribution in [0.5, 0.6) is 0 Å². The van der Waals surface area contributed by atoms with E-state index in [4.69, 9.17) is 4.74 Å². The van der Waals surface area contributed by atoms with E-state index in [1.54, 1.807) is 11.8 Å². The second-order valence-electron chi connectivity index (χ2n) is 6.37. The van der Waals surface area contributed by atoms with Crippen molar-refractivity contribution in [3.8, 4) is 0 Å². The van der Waals surface area contributed by atoms with Crippen molar-refractivity contribution in [1.29, 1.82) is 0 Å². The minimum atomic E-state index is -0.440. The molecule has 0 aliphatic carbocycles. The van der Waals surface area contributed by atoms with Crippen molar-refractivity contribution >= 4 is 17.5 Å². The maximum Gasteiger partial charge on any atom is 0.409 e. The van der Waals surface area contributed by atoms with Gasteiger partial charge in [-0.15, -0.1) is 0 Å². The molecule has 0 radical (unpaired) electrons. The molecule has 1 aliphatic rings. The lowest BCUT2D eigenvalue weighted by Gasteiger charge is -2.37. The number of amides is 1. The summed E-state index contributed by atoms with van der Waals surface area (Å²) in [5.74, 6) is 0. The first-order valence-electron chi connectivity index (χ1n) is 8.78. The van der Waals surface area contributed by atoms with E-state index < -0.39 is 10.9 Å². The second-order valence-corrected chi connectivity index (χ2v) is 6.37. The molecule has 138 valence electrons. The summed E-state index contributed by atoms with van der Waals surface area (Å²) in [6.45, 7) is 4.63. The van der Waals surface area contributed by atoms with Crippen LogP contribution < -0.4 is 20.7 Å². The van der Waals surface area contributed by atoms with Gasteiger partial charge in [0.15, 0.2) is 0 Å². The lowest BCUT2D eigenvalue weighted by atomic mass is 10.1. The number of piperazine rings is 1. The van der Waals surface area contributed by atoms with Crippen LogP contribution in [0.3, 0.4) is 0 Å². The molecule has 3 rings (SSSR count). The number of carbonyl (C=O) groups is 1. The molecule has 7 heteroatoms. The second kappa shape index (κ2) is 7.59. The van der Waals surface area contributed by atoms with Gasteiger partial charge in [-0.25, -0.2) is 4.79 Å². The Morgan fingerprint density at radius 2 is 1.73 bits per heavy atom. The zero-order valence-electron chi connectivity index (χ0n) is 15.1. The first-order chi connectivity index (χ1) is 12.5. The molecular formula is C19H23N3O4. The molecule has 0 aromatic heterocycles. The summed E-state index contributed by atoms with van der Waals surface area (Å²) in [6, 6.07) is 9.80. The highest BCUT2D eigenvalue weighted by atomic mass is 16.6. The van der Waals surface area contributed by atoms with Gasteiger partial charge in [0.05, 0.1) is 6.61 Å². The highest BCUT2D eigenvalue weighted by Crippen LogP contribution is 2.26. The Balaban J connectivity index is 1.70. The Labute approximate surface area is 152 Å². The van der Waals surface area contributed by atoms with E-state index in [1.165, 1.54) is 0 Å². The predicted molar refractivity (Wildman–Crippen MR) is 101 cm³/mol. The van der Waals surface area contributed by atoms with Crippen molar-refractivity contribution in [3.05, 3.63) is 56.3 Å². The smallest absolute Gasteiger partial charge is 0.409 e. The standard InChI is InChI=1S/C19H23N3O4/c1-3-26-19(25)22-11-9-21(10-12-22)16-15(17(23)18(16)24)20(2)13-14-7-5-4-6-8-14/h4-8H,3,9-13H2,1-2H3. The minimum Gasteiger partial charge on any atom is -0.450 e. The minimum absolute atomic E-state index is 0.335. The molecular weight excluding hydrogens is 334 g/mol. The van der Waals surface area contributed by atoms with Gasteiger partial charge in [0, 0.05) is 39.8 Å². The van der Waals surface area contributed by atoms with Crippen LogP contribution in [0.2, 0.25) is 0 Å². The lowest BCUT2D eigenvalue weighted by molar-refractivity contribution is 0.105. The van der Waals surface area contributed by atoms with Gasteiger partial charge in [-0.05, 0) is 12.5 Å². The van der Waals surface area contributed by atoms with Gasteiger partial charge in [0.25, 0.3) is 10.9 Å². The third kappa shape index (κ3) is 3.42. The summed E-state index contributed by atoms with van der Waals surface area (Å²) >= 11 is 0. The number of hydrogen-bond acceptors (Lipinski definition) is 6. The molecule has 0 saturated carbocycles. The van der Waals surface area contributed by atoms with Crippen LogP contribution in [0.15, 0.2) is 39.9 Å². The summed E-state index contributed by atoms with van der Waals surface area (Å²) in [5, 5.41) is 0. The molecule has 0 unspecified atom stereocenters. The fourth-order valence-electron chi connectivity index (χ4n) is 3.28. The molecule has 0 bridgehead atoms. The Hall–Kier alpha value is -2.83. The first kappa shape index (κ1) is 18.0. The maximum atomic E-state index is 12.2. The molecule has 1 amide bonds. The van der Waals surface area contributed by atoms with Crippen LogP contribution in [0.25, 0.3) is 0 Å². The molecule has 2 aromatic carbocycles. The van der Waals surface area contributed by atoms with E-state index in [1.807, 2.05) is 47.2 Å². The molecule has 1 fully saturated rings. The van der Waals surface area contributed by atoms with Crippen LogP contribution in [-0.2, 0) is 11.3 Å². The van der Waals surface area contributed by atoms with Crippen LogP contribution in [0.4, 0.5) is 16.2 Å². The molecule has 1 saturated heterocycles. The van der Waals surface area contributed by atoms with Crippen molar-refractivity contribution < 1.29 is 9.53 Å². The zero-order chi connectivity index (χ0) is 18.7. The van der Waals surface area contributed by atoms with Crippen molar-refractivity contribution in [2.75, 3.05) is 49.6 Å². The average Bonchev–Trinajstić information content (AvgIpc) is 2.66. The van der Waals surface area contributed by atoms with Gasteiger partial charge >= 0.3 is 6.09 Å². The van der Waals surface area contributed by atoms with E-state index in [-0.39, 0.29) is 6.09 Å². The van der Waals surface area contributed by atoms with E-state index in [0.717, 1.165) is 5.56 Å². The van der Waals surface area contributed by atoms with Crippen LogP contribution in [0, 0.1) is 0 Å².